The molecule has 0 radical (unpaired) electrons. The van der Waals surface area contributed by atoms with E-state index in [0.717, 1.165) is 5.56 Å². The number of hydrogen-bond donors (Lipinski definition) is 3. The fraction of sp³-hybridized carbons (Fsp3) is 0.167. The van der Waals surface area contributed by atoms with Gasteiger partial charge >= 0.3 is 0 Å². The highest BCUT2D eigenvalue weighted by atomic mass is 16.5. The number of nitrogens with one attached hydrogen (secondary N) is 1. The van der Waals surface area contributed by atoms with Gasteiger partial charge in [-0.2, -0.15) is 0 Å². The largest absolute Gasteiger partial charge is 0.505 e. The Bertz CT molecular complexity index is 1030. The number of ketones is 1. The second-order valence-corrected chi connectivity index (χ2v) is 5.98. The smallest absolute Gasteiger partial charge is 0.295 e. The lowest BCUT2D eigenvalue weighted by molar-refractivity contribution is 0.0997. The van der Waals surface area contributed by atoms with Crippen LogP contribution in [0.5, 0.6) is 11.5 Å². The summed E-state index contributed by atoms with van der Waals surface area (Å²) < 4.78 is 6.42. The van der Waals surface area contributed by atoms with Gasteiger partial charge in [-0.1, -0.05) is 12.1 Å². The van der Waals surface area contributed by atoms with Crippen LogP contribution >= 0.6 is 0 Å². The van der Waals surface area contributed by atoms with E-state index in [1.54, 1.807) is 19.2 Å². The molecule has 144 valence electrons. The minimum absolute atomic E-state index is 0.00537. The molecule has 0 fully saturated rings. The molecular formula is C18H18N6O4. The Morgan fingerprint density at radius 3 is 2.61 bits per heavy atom. The molecule has 0 saturated carbocycles. The number of anilines is 2. The number of benzene rings is 2. The van der Waals surface area contributed by atoms with Crippen molar-refractivity contribution in [1.82, 2.24) is 20.2 Å². The first-order valence-corrected chi connectivity index (χ1v) is 8.23. The van der Waals surface area contributed by atoms with Crippen LogP contribution in [0.2, 0.25) is 0 Å². The van der Waals surface area contributed by atoms with Crippen molar-refractivity contribution in [2.45, 2.75) is 13.5 Å². The number of methoxy groups -OCH3 is 1. The van der Waals surface area contributed by atoms with E-state index < -0.39 is 5.91 Å². The Kier molecular flexibility index (Phi) is 5.21. The molecule has 1 amide bonds. The molecule has 1 heterocycles. The topological polar surface area (TPSA) is 145 Å². The normalized spacial score (nSPS) is 10.5. The van der Waals surface area contributed by atoms with Crippen LogP contribution in [0.3, 0.4) is 0 Å². The van der Waals surface area contributed by atoms with Gasteiger partial charge in [-0.15, -0.1) is 5.10 Å². The van der Waals surface area contributed by atoms with Crippen molar-refractivity contribution in [2.75, 3.05) is 18.2 Å². The first kappa shape index (κ1) is 18.8. The molecule has 0 unspecified atom stereocenters. The summed E-state index contributed by atoms with van der Waals surface area (Å²) in [5, 5.41) is 23.8. The number of aromatic hydroxyl groups is 1. The Morgan fingerprint density at radius 1 is 1.25 bits per heavy atom. The summed E-state index contributed by atoms with van der Waals surface area (Å²) in [5.41, 5.74) is 6.82. The van der Waals surface area contributed by atoms with E-state index in [2.05, 4.69) is 20.8 Å². The number of nitrogen functional groups attached to an aromatic ring is 1. The number of tetrazole rings is 1. The van der Waals surface area contributed by atoms with Crippen molar-refractivity contribution in [3.8, 4) is 11.5 Å². The van der Waals surface area contributed by atoms with Gasteiger partial charge in [0, 0.05) is 5.69 Å². The molecular weight excluding hydrogens is 364 g/mol. The summed E-state index contributed by atoms with van der Waals surface area (Å²) in [5.74, 6) is -0.776. The van der Waals surface area contributed by atoms with Crippen LogP contribution in [0.25, 0.3) is 0 Å². The standard InChI is InChI=1S/C18H18N6O4/c1-10(25)14-7-12(19)8-15(16(14)26)20-18(27)17-21-22-23-24(17)9-11-3-5-13(28-2)6-4-11/h3-8,26H,9,19H2,1-2H3,(H,20,27). The Morgan fingerprint density at radius 2 is 1.96 bits per heavy atom. The maximum Gasteiger partial charge on any atom is 0.295 e. The molecule has 0 aliphatic heterocycles. The van der Waals surface area contributed by atoms with Crippen molar-refractivity contribution in [3.63, 3.8) is 0 Å². The Labute approximate surface area is 159 Å². The highest BCUT2D eigenvalue weighted by molar-refractivity contribution is 6.06. The molecule has 0 atom stereocenters. The molecule has 28 heavy (non-hydrogen) atoms. The molecule has 10 nitrogen and oxygen atoms in total. The van der Waals surface area contributed by atoms with Gasteiger partial charge in [0.15, 0.2) is 5.78 Å². The van der Waals surface area contributed by atoms with Crippen LogP contribution in [-0.4, -0.2) is 44.1 Å². The van der Waals surface area contributed by atoms with Gasteiger partial charge in [-0.05, 0) is 47.2 Å². The maximum absolute atomic E-state index is 12.6. The van der Waals surface area contributed by atoms with Crippen LogP contribution in [0, 0.1) is 0 Å². The van der Waals surface area contributed by atoms with E-state index in [9.17, 15) is 14.7 Å². The van der Waals surface area contributed by atoms with Gasteiger partial charge < -0.3 is 20.9 Å². The number of carbonyl (C=O) groups is 2. The van der Waals surface area contributed by atoms with E-state index in [0.29, 0.717) is 5.75 Å². The fourth-order valence-corrected chi connectivity index (χ4v) is 2.58. The molecule has 1 aromatic heterocycles. The van der Waals surface area contributed by atoms with Gasteiger partial charge in [0.2, 0.25) is 5.82 Å². The maximum atomic E-state index is 12.6. The summed E-state index contributed by atoms with van der Waals surface area (Å²) in [6.45, 7) is 1.54. The summed E-state index contributed by atoms with van der Waals surface area (Å²) in [6, 6.07) is 9.90. The number of rotatable bonds is 6. The zero-order valence-corrected chi connectivity index (χ0v) is 15.2. The van der Waals surface area contributed by atoms with E-state index in [-0.39, 0.29) is 40.8 Å². The molecule has 0 aliphatic carbocycles. The third kappa shape index (κ3) is 3.90. The number of phenols is 1. The number of nitrogens with zero attached hydrogens (tertiary/aromatic N) is 4. The molecule has 4 N–H and O–H groups in total. The average Bonchev–Trinajstić information content (AvgIpc) is 3.13. The van der Waals surface area contributed by atoms with Crippen LogP contribution in [0.15, 0.2) is 36.4 Å². The third-order valence-corrected chi connectivity index (χ3v) is 3.99. The molecule has 3 rings (SSSR count). The van der Waals surface area contributed by atoms with Crippen LogP contribution in [0.4, 0.5) is 11.4 Å². The first-order chi connectivity index (χ1) is 13.4. The first-order valence-electron chi connectivity index (χ1n) is 8.23. The molecule has 0 aliphatic rings. The van der Waals surface area contributed by atoms with Gasteiger partial charge in [0.25, 0.3) is 5.91 Å². The SMILES string of the molecule is COc1ccc(Cn2nnnc2C(=O)Nc2cc(N)cc(C(C)=O)c2O)cc1. The molecule has 0 saturated heterocycles. The lowest BCUT2D eigenvalue weighted by atomic mass is 10.1. The number of nitrogens with two attached hydrogens (primary N) is 1. The average molecular weight is 382 g/mol. The fourth-order valence-electron chi connectivity index (χ4n) is 2.58. The molecule has 0 bridgehead atoms. The van der Waals surface area contributed by atoms with Crippen molar-refractivity contribution >= 4 is 23.1 Å². The highest BCUT2D eigenvalue weighted by Gasteiger charge is 2.20. The lowest BCUT2D eigenvalue weighted by Gasteiger charge is -2.11. The number of phenolic OH excluding ortho intramolecular Hbond substituents is 1. The predicted molar refractivity (Wildman–Crippen MR) is 100 cm³/mol. The van der Waals surface area contributed by atoms with Crippen molar-refractivity contribution in [1.29, 1.82) is 0 Å². The number of carbonyl (C=O) groups excluding carboxylic acids is 2. The predicted octanol–water partition coefficient (Wildman–Crippen LogP) is 1.47. The number of hydrogen-bond acceptors (Lipinski definition) is 8. The lowest BCUT2D eigenvalue weighted by Crippen LogP contribution is -2.20. The van der Waals surface area contributed by atoms with Crippen LogP contribution in [-0.2, 0) is 6.54 Å². The van der Waals surface area contributed by atoms with Crippen molar-refractivity contribution < 1.29 is 19.4 Å². The summed E-state index contributed by atoms with van der Waals surface area (Å²) in [7, 11) is 1.57. The monoisotopic (exact) mass is 382 g/mol. The zero-order valence-electron chi connectivity index (χ0n) is 15.2. The molecule has 2 aromatic carbocycles. The number of Topliss-reactive ketones (excluding diaryl/α,β-unsaturated/α-hetero) is 1. The number of aromatic nitrogens is 4. The second kappa shape index (κ2) is 7.74. The minimum atomic E-state index is -0.658. The van der Waals surface area contributed by atoms with E-state index in [4.69, 9.17) is 10.5 Å². The summed E-state index contributed by atoms with van der Waals surface area (Å²) in [4.78, 5) is 24.2. The van der Waals surface area contributed by atoms with Crippen molar-refractivity contribution in [2.24, 2.45) is 0 Å². The number of ether oxygens (including phenoxy) is 1. The number of amides is 1. The summed E-state index contributed by atoms with van der Waals surface area (Å²) >= 11 is 0. The van der Waals surface area contributed by atoms with E-state index in [1.165, 1.54) is 23.7 Å². The van der Waals surface area contributed by atoms with Crippen LogP contribution in [0.1, 0.15) is 33.5 Å². The van der Waals surface area contributed by atoms with E-state index in [1.807, 2.05) is 12.1 Å². The van der Waals surface area contributed by atoms with Crippen molar-refractivity contribution in [3.05, 3.63) is 53.3 Å². The van der Waals surface area contributed by atoms with Gasteiger partial charge in [-0.25, -0.2) is 4.68 Å². The third-order valence-electron chi connectivity index (χ3n) is 3.99. The zero-order chi connectivity index (χ0) is 20.3. The molecule has 0 spiro atoms. The Balaban J connectivity index is 1.83. The molecule has 10 heteroatoms. The van der Waals surface area contributed by atoms with Gasteiger partial charge in [0.1, 0.15) is 11.5 Å². The van der Waals surface area contributed by atoms with Gasteiger partial charge in [-0.3, -0.25) is 9.59 Å². The minimum Gasteiger partial charge on any atom is -0.505 e. The quantitative estimate of drug-likeness (QED) is 0.251. The Hall–Kier alpha value is -3.95. The highest BCUT2D eigenvalue weighted by Crippen LogP contribution is 2.31. The van der Waals surface area contributed by atoms with Crippen LogP contribution < -0.4 is 15.8 Å². The van der Waals surface area contributed by atoms with Gasteiger partial charge in [0.05, 0.1) is 24.9 Å². The summed E-state index contributed by atoms with van der Waals surface area (Å²) in [6.07, 6.45) is 0. The second-order valence-electron chi connectivity index (χ2n) is 5.98. The molecule has 3 aromatic rings. The van der Waals surface area contributed by atoms with E-state index >= 15 is 0 Å².